The van der Waals surface area contributed by atoms with Crippen LogP contribution in [0.1, 0.15) is 23.7 Å². The predicted molar refractivity (Wildman–Crippen MR) is 128 cm³/mol. The van der Waals surface area contributed by atoms with E-state index in [0.29, 0.717) is 24.0 Å². The summed E-state index contributed by atoms with van der Waals surface area (Å²) in [6.07, 6.45) is 1.85. The van der Waals surface area contributed by atoms with Gasteiger partial charge in [0.25, 0.3) is 0 Å². The minimum absolute atomic E-state index is 0.154. The van der Waals surface area contributed by atoms with Gasteiger partial charge in [0.1, 0.15) is 12.4 Å². The molecule has 7 heteroatoms. The molecule has 0 aliphatic rings. The molecular formula is C25H23N3O3S. The lowest BCUT2D eigenvalue weighted by molar-refractivity contribution is -0.142. The molecule has 162 valence electrons. The first-order valence-corrected chi connectivity index (χ1v) is 11.2. The summed E-state index contributed by atoms with van der Waals surface area (Å²) in [4.78, 5) is 15.9. The molecule has 4 aromatic rings. The topological polar surface area (TPSA) is 72.8 Å². The van der Waals surface area contributed by atoms with E-state index in [2.05, 4.69) is 45.8 Å². The van der Waals surface area contributed by atoms with Crippen LogP contribution in [-0.2, 0) is 22.6 Å². The second-order valence-electron chi connectivity index (χ2n) is 7.00. The number of thiazole rings is 1. The normalized spacial score (nSPS) is 11.0. The van der Waals surface area contributed by atoms with Crippen molar-refractivity contribution in [3.8, 4) is 5.75 Å². The number of para-hydroxylation sites is 1. The van der Waals surface area contributed by atoms with Gasteiger partial charge in [-0.2, -0.15) is 5.10 Å². The quantitative estimate of drug-likeness (QED) is 0.211. The van der Waals surface area contributed by atoms with E-state index < -0.39 is 0 Å². The third-order valence-corrected chi connectivity index (χ3v) is 5.47. The van der Waals surface area contributed by atoms with E-state index in [1.807, 2.05) is 41.8 Å². The van der Waals surface area contributed by atoms with Gasteiger partial charge in [-0.05, 0) is 41.5 Å². The van der Waals surface area contributed by atoms with Gasteiger partial charge in [0.05, 0.1) is 24.9 Å². The Morgan fingerprint density at radius 1 is 1.09 bits per heavy atom. The van der Waals surface area contributed by atoms with Gasteiger partial charge in [-0.25, -0.2) is 4.98 Å². The van der Waals surface area contributed by atoms with Crippen LogP contribution in [0.2, 0.25) is 0 Å². The fourth-order valence-electron chi connectivity index (χ4n) is 3.16. The highest BCUT2D eigenvalue weighted by Gasteiger charge is 2.08. The Balaban J connectivity index is 1.37. The Morgan fingerprint density at radius 3 is 2.78 bits per heavy atom. The van der Waals surface area contributed by atoms with Crippen molar-refractivity contribution >= 4 is 39.4 Å². The van der Waals surface area contributed by atoms with E-state index >= 15 is 0 Å². The van der Waals surface area contributed by atoms with Crippen molar-refractivity contribution in [2.45, 2.75) is 20.0 Å². The van der Waals surface area contributed by atoms with Gasteiger partial charge in [0.2, 0.25) is 5.13 Å². The van der Waals surface area contributed by atoms with Gasteiger partial charge < -0.3 is 9.47 Å². The number of carbonyl (C=O) groups excluding carboxylic acids is 1. The van der Waals surface area contributed by atoms with Crippen molar-refractivity contribution in [3.63, 3.8) is 0 Å². The van der Waals surface area contributed by atoms with E-state index in [4.69, 9.17) is 9.47 Å². The molecule has 0 amide bonds. The van der Waals surface area contributed by atoms with Crippen LogP contribution in [0.25, 0.3) is 10.8 Å². The van der Waals surface area contributed by atoms with Gasteiger partial charge in [0.15, 0.2) is 0 Å². The summed E-state index contributed by atoms with van der Waals surface area (Å²) in [5, 5.41) is 9.10. The maximum atomic E-state index is 11.6. The van der Waals surface area contributed by atoms with Gasteiger partial charge in [0, 0.05) is 10.9 Å². The zero-order valence-corrected chi connectivity index (χ0v) is 18.5. The number of rotatable bonds is 9. The fourth-order valence-corrected chi connectivity index (χ4v) is 3.82. The van der Waals surface area contributed by atoms with Crippen LogP contribution in [0, 0.1) is 0 Å². The molecule has 0 atom stereocenters. The average Bonchev–Trinajstić information content (AvgIpc) is 3.25. The average molecular weight is 446 g/mol. The molecule has 0 aliphatic heterocycles. The second-order valence-corrected chi connectivity index (χ2v) is 7.86. The maximum Gasteiger partial charge on any atom is 0.311 e. The number of nitrogens with zero attached hydrogens (tertiary/aromatic N) is 2. The number of ether oxygens (including phenoxy) is 2. The molecule has 4 rings (SSSR count). The molecule has 1 heterocycles. The summed E-state index contributed by atoms with van der Waals surface area (Å²) < 4.78 is 11.0. The molecule has 3 aromatic carbocycles. The first kappa shape index (κ1) is 21.5. The highest BCUT2D eigenvalue weighted by molar-refractivity contribution is 7.13. The van der Waals surface area contributed by atoms with E-state index in [1.165, 1.54) is 22.1 Å². The van der Waals surface area contributed by atoms with Crippen LogP contribution >= 0.6 is 11.3 Å². The number of esters is 1. The van der Waals surface area contributed by atoms with Crippen molar-refractivity contribution in [1.29, 1.82) is 0 Å². The first-order chi connectivity index (χ1) is 15.7. The summed E-state index contributed by atoms with van der Waals surface area (Å²) >= 11 is 1.38. The monoisotopic (exact) mass is 445 g/mol. The van der Waals surface area contributed by atoms with Gasteiger partial charge in [-0.3, -0.25) is 10.2 Å². The smallest absolute Gasteiger partial charge is 0.311 e. The molecule has 0 radical (unpaired) electrons. The van der Waals surface area contributed by atoms with Crippen molar-refractivity contribution < 1.29 is 14.3 Å². The molecule has 0 bridgehead atoms. The van der Waals surface area contributed by atoms with Crippen LogP contribution in [0.3, 0.4) is 0 Å². The van der Waals surface area contributed by atoms with Crippen LogP contribution in [0.5, 0.6) is 5.75 Å². The van der Waals surface area contributed by atoms with E-state index in [9.17, 15) is 4.79 Å². The van der Waals surface area contributed by atoms with E-state index in [1.54, 1.807) is 13.1 Å². The molecule has 1 aromatic heterocycles. The number of carbonyl (C=O) groups is 1. The Labute approximate surface area is 190 Å². The second kappa shape index (κ2) is 10.5. The minimum Gasteiger partial charge on any atom is -0.488 e. The predicted octanol–water partition coefficient (Wildman–Crippen LogP) is 5.43. The van der Waals surface area contributed by atoms with Crippen LogP contribution in [0.4, 0.5) is 5.13 Å². The molecule has 6 nitrogen and oxygen atoms in total. The number of aromatic nitrogens is 1. The number of benzene rings is 3. The third-order valence-electron chi connectivity index (χ3n) is 4.67. The zero-order chi connectivity index (χ0) is 22.2. The van der Waals surface area contributed by atoms with Gasteiger partial charge in [-0.15, -0.1) is 11.3 Å². The molecule has 0 fully saturated rings. The number of hydrogen-bond acceptors (Lipinski definition) is 7. The molecule has 1 N–H and O–H groups in total. The molecule has 0 saturated carbocycles. The van der Waals surface area contributed by atoms with Crippen LogP contribution in [0.15, 0.2) is 77.2 Å². The number of hydrazone groups is 1. The molecule has 0 unspecified atom stereocenters. The molecular weight excluding hydrogens is 422 g/mol. The minimum atomic E-state index is -0.287. The Bertz CT molecular complexity index is 1240. The van der Waals surface area contributed by atoms with Crippen LogP contribution in [-0.4, -0.2) is 23.8 Å². The Hall–Kier alpha value is -3.71. The summed E-state index contributed by atoms with van der Waals surface area (Å²) in [5.41, 5.74) is 5.52. The summed E-state index contributed by atoms with van der Waals surface area (Å²) in [6.45, 7) is 2.61. The first-order valence-electron chi connectivity index (χ1n) is 10.3. The van der Waals surface area contributed by atoms with E-state index in [-0.39, 0.29) is 12.4 Å². The van der Waals surface area contributed by atoms with Crippen molar-refractivity contribution in [1.82, 2.24) is 4.98 Å². The van der Waals surface area contributed by atoms with Gasteiger partial charge in [-0.1, -0.05) is 48.5 Å². The molecule has 0 saturated heterocycles. The molecule has 32 heavy (non-hydrogen) atoms. The lowest BCUT2D eigenvalue weighted by Gasteiger charge is -2.09. The van der Waals surface area contributed by atoms with Crippen LogP contribution < -0.4 is 10.2 Å². The summed E-state index contributed by atoms with van der Waals surface area (Å²) in [6, 6.07) is 22.3. The number of hydrogen-bond donors (Lipinski definition) is 1. The zero-order valence-electron chi connectivity index (χ0n) is 17.7. The number of anilines is 1. The highest BCUT2D eigenvalue weighted by atomic mass is 32.1. The molecule has 0 spiro atoms. The largest absolute Gasteiger partial charge is 0.488 e. The standard InChI is InChI=1S/C25H23N3O3S/c1-2-30-24(29)14-22-17-32-25(27-22)28-26-15-21-9-5-6-10-23(21)31-16-18-11-12-19-7-3-4-8-20(19)13-18/h3-13,15,17H,2,14,16H2,1H3,(H,27,28). The SMILES string of the molecule is CCOC(=O)Cc1csc(NN=Cc2ccccc2OCc2ccc3ccccc3c2)n1. The fraction of sp³-hybridized carbons (Fsp3) is 0.160. The Morgan fingerprint density at radius 2 is 1.91 bits per heavy atom. The maximum absolute atomic E-state index is 11.6. The number of fused-ring (bicyclic) bond motifs is 1. The van der Waals surface area contributed by atoms with E-state index in [0.717, 1.165) is 16.9 Å². The van der Waals surface area contributed by atoms with Crippen molar-refractivity contribution in [2.24, 2.45) is 5.10 Å². The van der Waals surface area contributed by atoms with Crippen molar-refractivity contribution in [3.05, 3.63) is 88.9 Å². The Kier molecular flexibility index (Phi) is 7.09. The van der Waals surface area contributed by atoms with Crippen molar-refractivity contribution in [2.75, 3.05) is 12.0 Å². The third kappa shape index (κ3) is 5.70. The number of nitrogens with one attached hydrogen (secondary N) is 1. The van der Waals surface area contributed by atoms with Gasteiger partial charge >= 0.3 is 5.97 Å². The lowest BCUT2D eigenvalue weighted by atomic mass is 10.1. The highest BCUT2D eigenvalue weighted by Crippen LogP contribution is 2.21. The molecule has 0 aliphatic carbocycles. The summed E-state index contributed by atoms with van der Waals surface area (Å²) in [5.74, 6) is 0.457. The summed E-state index contributed by atoms with van der Waals surface area (Å²) in [7, 11) is 0. The lowest BCUT2D eigenvalue weighted by Crippen LogP contribution is -2.07.